The number of nitrogens with one attached hydrogen (secondary N) is 2. The molecule has 0 amide bonds. The van der Waals surface area contributed by atoms with Gasteiger partial charge in [0.05, 0.1) is 135 Å². The quantitative estimate of drug-likeness (QED) is 0.0260. The SMILES string of the molecule is CC1N=c2c(cc3c(c2S(=O)(=O)O)Oc2c(cc4c(c2S(=O)(=O)NCCOCCOCCOCCOCCOCCOCCOCCOCCC(=O)On2c(N)ccc2O)NC(C)C4(C)C)C=3c2ccccc2C(=O)O)C1(C)C. The number of fused-ring (bicyclic) bond motifs is 4. The third-order valence-electron chi connectivity index (χ3n) is 14.0. The van der Waals surface area contributed by atoms with Crippen molar-refractivity contribution in [3.8, 4) is 17.4 Å². The largest absolute Gasteiger partial charge is 0.492 e. The maximum atomic E-state index is 14.7. The zero-order valence-electron chi connectivity index (χ0n) is 45.2. The predicted octanol–water partition coefficient (Wildman–Crippen LogP) is 2.92. The van der Waals surface area contributed by atoms with Crippen LogP contribution in [0.5, 0.6) is 17.4 Å². The van der Waals surface area contributed by atoms with Crippen molar-refractivity contribution in [2.45, 2.75) is 80.7 Å². The number of nitrogens with two attached hydrogens (primary N) is 1. The molecule has 2 unspecified atom stereocenters. The molecule has 0 spiro atoms. The molecule has 79 heavy (non-hydrogen) atoms. The van der Waals surface area contributed by atoms with Crippen molar-refractivity contribution in [3.05, 3.63) is 86.9 Å². The monoisotopic (exact) mass is 1150 g/mol. The van der Waals surface area contributed by atoms with Crippen LogP contribution in [0.3, 0.4) is 0 Å². The highest BCUT2D eigenvalue weighted by Crippen LogP contribution is 2.53. The number of rotatable bonds is 33. The minimum atomic E-state index is -5.10. The average molecular weight is 1150 g/mol. The Kier molecular flexibility index (Phi) is 20.6. The van der Waals surface area contributed by atoms with Crippen LogP contribution in [-0.4, -0.2) is 173 Å². The molecule has 0 radical (unpaired) electrons. The Morgan fingerprint density at radius 2 is 1.24 bits per heavy atom. The van der Waals surface area contributed by atoms with Crippen LogP contribution in [0.15, 0.2) is 63.3 Å². The van der Waals surface area contributed by atoms with Crippen LogP contribution in [0, 0.1) is 0 Å². The summed E-state index contributed by atoms with van der Waals surface area (Å²) in [4.78, 5) is 33.3. The molecule has 3 aliphatic heterocycles. The molecule has 434 valence electrons. The molecule has 7 N–H and O–H groups in total. The summed E-state index contributed by atoms with van der Waals surface area (Å²) < 4.78 is 121. The number of sulfonamides is 1. The highest BCUT2D eigenvalue weighted by Gasteiger charge is 2.46. The first-order chi connectivity index (χ1) is 37.6. The normalized spacial score (nSPS) is 16.8. The molecule has 4 heterocycles. The number of carbonyl (C=O) groups is 2. The van der Waals surface area contributed by atoms with Gasteiger partial charge in [0.1, 0.15) is 10.7 Å². The van der Waals surface area contributed by atoms with Crippen molar-refractivity contribution in [1.29, 1.82) is 0 Å². The third-order valence-corrected chi connectivity index (χ3v) is 16.4. The number of aromatic hydroxyl groups is 1. The number of hydrogen-bond acceptors (Lipinski definition) is 20. The Bertz CT molecular complexity index is 3160. The number of anilines is 2. The first-order valence-corrected chi connectivity index (χ1v) is 28.7. The zero-order valence-corrected chi connectivity index (χ0v) is 46.8. The van der Waals surface area contributed by atoms with Crippen molar-refractivity contribution >= 4 is 49.2 Å². The molecule has 0 fully saturated rings. The van der Waals surface area contributed by atoms with E-state index in [4.69, 9.17) is 53.2 Å². The van der Waals surface area contributed by atoms with Gasteiger partial charge in [-0.15, -0.1) is 4.73 Å². The van der Waals surface area contributed by atoms with E-state index in [9.17, 15) is 41.2 Å². The van der Waals surface area contributed by atoms with E-state index in [2.05, 4.69) is 15.0 Å². The van der Waals surface area contributed by atoms with E-state index in [1.165, 1.54) is 18.2 Å². The van der Waals surface area contributed by atoms with Crippen molar-refractivity contribution in [1.82, 2.24) is 9.45 Å². The summed E-state index contributed by atoms with van der Waals surface area (Å²) in [6.07, 6.45) is -0.0257. The molecule has 3 aliphatic rings. The summed E-state index contributed by atoms with van der Waals surface area (Å²) in [5.74, 6) is -2.71. The Hall–Kier alpha value is -5.75. The fourth-order valence-electron chi connectivity index (χ4n) is 9.04. The van der Waals surface area contributed by atoms with E-state index >= 15 is 0 Å². The van der Waals surface area contributed by atoms with E-state index < -0.39 is 53.8 Å². The average Bonchev–Trinajstić information content (AvgIpc) is 3.65. The van der Waals surface area contributed by atoms with E-state index in [-0.39, 0.29) is 125 Å². The van der Waals surface area contributed by atoms with E-state index in [0.29, 0.717) is 77.2 Å². The predicted molar refractivity (Wildman–Crippen MR) is 286 cm³/mol. The Morgan fingerprint density at radius 1 is 0.709 bits per heavy atom. The minimum Gasteiger partial charge on any atom is -0.492 e. The summed E-state index contributed by atoms with van der Waals surface area (Å²) in [5, 5.41) is 23.5. The number of hydrogen-bond donors (Lipinski definition) is 6. The lowest BCUT2D eigenvalue weighted by Gasteiger charge is -2.29. The number of carboxylic acids is 1. The zero-order chi connectivity index (χ0) is 57.1. The molecule has 7 rings (SSSR count). The number of carbonyl (C=O) groups excluding carboxylic acids is 1. The van der Waals surface area contributed by atoms with Gasteiger partial charge in [0.2, 0.25) is 15.9 Å². The molecule has 1 aromatic heterocycles. The molecule has 0 saturated heterocycles. The molecule has 3 aromatic carbocycles. The fraction of sp³-hybridized carbons (Fsp3) is 0.528. The van der Waals surface area contributed by atoms with Crippen molar-refractivity contribution < 1.29 is 88.7 Å². The molecule has 2 atom stereocenters. The van der Waals surface area contributed by atoms with Crippen molar-refractivity contribution in [2.75, 3.05) is 123 Å². The fourth-order valence-corrected chi connectivity index (χ4v) is 11.2. The van der Waals surface area contributed by atoms with Gasteiger partial charge < -0.3 is 68.7 Å². The molecule has 0 saturated carbocycles. The highest BCUT2D eigenvalue weighted by molar-refractivity contribution is 7.89. The highest BCUT2D eigenvalue weighted by atomic mass is 32.2. The second-order valence-corrected chi connectivity index (χ2v) is 22.9. The lowest BCUT2D eigenvalue weighted by molar-refractivity contribution is -0.145. The van der Waals surface area contributed by atoms with Gasteiger partial charge in [-0.1, -0.05) is 45.9 Å². The van der Waals surface area contributed by atoms with Gasteiger partial charge in [0.15, 0.2) is 16.4 Å². The molecule has 26 heteroatoms. The van der Waals surface area contributed by atoms with Gasteiger partial charge in [-0.3, -0.25) is 9.55 Å². The third kappa shape index (κ3) is 14.4. The summed E-state index contributed by atoms with van der Waals surface area (Å²) in [6, 6.07) is 11.6. The van der Waals surface area contributed by atoms with E-state index in [1.54, 1.807) is 30.3 Å². The minimum absolute atomic E-state index is 0.0228. The van der Waals surface area contributed by atoms with Gasteiger partial charge in [0.25, 0.3) is 10.1 Å². The molecule has 24 nitrogen and oxygen atoms in total. The Labute approximate surface area is 458 Å². The number of nitrogen functional groups attached to an aromatic ring is 1. The summed E-state index contributed by atoms with van der Waals surface area (Å²) >= 11 is 0. The standard InChI is InChI=1S/C53H71N5O19S2/c1-33-52(3,4)39-31-37-44(35-9-7-8-10-36(35)51(61)62)38-32-40-46(57-34(2)53(40,5)6)50(79(65,66)67)48(38)76-47(37)49(45(39)56-33)78(63,64)55-14-16-69-18-20-71-22-24-73-26-28-75-30-29-74-27-25-72-23-21-70-19-17-68-15-13-43(60)77-58-41(54)11-12-42(58)59/h7-12,31-34,55-56,59H,13-30,54H2,1-6H3,(H,61,62)(H,65,66,67). The topological polar surface area (TPSA) is 323 Å². The summed E-state index contributed by atoms with van der Waals surface area (Å²) in [6.45, 7) is 15.8. The summed E-state index contributed by atoms with van der Waals surface area (Å²) in [5.41, 5.74) is 5.99. The number of ether oxygens (including phenoxy) is 9. The lowest BCUT2D eigenvalue weighted by atomic mass is 9.78. The van der Waals surface area contributed by atoms with Crippen LogP contribution in [0.25, 0.3) is 5.57 Å². The van der Waals surface area contributed by atoms with Crippen LogP contribution in [0.2, 0.25) is 0 Å². The van der Waals surface area contributed by atoms with Gasteiger partial charge in [-0.2, -0.15) is 8.42 Å². The lowest BCUT2D eigenvalue weighted by Crippen LogP contribution is -2.34. The van der Waals surface area contributed by atoms with Crippen molar-refractivity contribution in [3.63, 3.8) is 0 Å². The Morgan fingerprint density at radius 3 is 1.76 bits per heavy atom. The molecular weight excluding hydrogens is 1070 g/mol. The van der Waals surface area contributed by atoms with Gasteiger partial charge >= 0.3 is 11.9 Å². The number of carboxylic acid groups (broad SMARTS) is 1. The maximum absolute atomic E-state index is 14.7. The van der Waals surface area contributed by atoms with Crippen LogP contribution in [-0.2, 0) is 73.7 Å². The molecule has 0 aliphatic carbocycles. The van der Waals surface area contributed by atoms with Crippen LogP contribution in [0.4, 0.5) is 11.5 Å². The first-order valence-electron chi connectivity index (χ1n) is 25.8. The van der Waals surface area contributed by atoms with Crippen LogP contribution >= 0.6 is 0 Å². The number of aromatic nitrogens is 1. The van der Waals surface area contributed by atoms with Crippen molar-refractivity contribution in [2.24, 2.45) is 4.99 Å². The van der Waals surface area contributed by atoms with Crippen LogP contribution < -0.4 is 35.9 Å². The van der Waals surface area contributed by atoms with E-state index in [1.807, 2.05) is 41.5 Å². The molecular formula is C53H71N5O19S2. The Balaban J connectivity index is 0.821. The number of aromatic carboxylic acids is 1. The number of nitrogens with zero attached hydrogens (tertiary/aromatic N) is 2. The van der Waals surface area contributed by atoms with Gasteiger partial charge in [0, 0.05) is 45.8 Å². The van der Waals surface area contributed by atoms with Gasteiger partial charge in [-0.25, -0.2) is 22.7 Å². The summed E-state index contributed by atoms with van der Waals surface area (Å²) in [7, 11) is -9.64. The smallest absolute Gasteiger partial charge is 0.336 e. The van der Waals surface area contributed by atoms with Crippen LogP contribution in [0.1, 0.15) is 80.6 Å². The van der Waals surface area contributed by atoms with E-state index in [0.717, 1.165) is 4.73 Å². The number of benzene rings is 3. The first kappa shape index (κ1) is 60.9. The second kappa shape index (κ2) is 26.7. The van der Waals surface area contributed by atoms with Gasteiger partial charge in [-0.05, 0) is 54.8 Å². The maximum Gasteiger partial charge on any atom is 0.336 e. The second-order valence-electron chi connectivity index (χ2n) is 19.8. The molecule has 4 aromatic rings. The molecule has 0 bridgehead atoms.